The average molecular weight is 286 g/mol. The highest BCUT2D eigenvalue weighted by Crippen LogP contribution is 2.26. The molecule has 6 nitrogen and oxygen atoms in total. The minimum atomic E-state index is -1.04. The van der Waals surface area contributed by atoms with Crippen LogP contribution in [0.1, 0.15) is 45.4 Å². The largest absolute Gasteiger partial charge is 0.480 e. The topological polar surface area (TPSA) is 87.7 Å². The zero-order chi connectivity index (χ0) is 15.0. The minimum Gasteiger partial charge on any atom is -0.480 e. The van der Waals surface area contributed by atoms with Gasteiger partial charge in [-0.25, -0.2) is 9.59 Å². The normalized spacial score (nSPS) is 23.9. The molecular formula is C14H26N2O4. The SMILES string of the molecule is CCC1CCC(NC(=O)NC(CCOC)C(=O)O)CC1. The van der Waals surface area contributed by atoms with Gasteiger partial charge in [0.2, 0.25) is 0 Å². The van der Waals surface area contributed by atoms with Crippen molar-refractivity contribution in [3.8, 4) is 0 Å². The Morgan fingerprint density at radius 2 is 1.95 bits per heavy atom. The van der Waals surface area contributed by atoms with Crippen LogP contribution in [-0.2, 0) is 9.53 Å². The number of carboxylic acids is 1. The van der Waals surface area contributed by atoms with Crippen LogP contribution in [0.5, 0.6) is 0 Å². The van der Waals surface area contributed by atoms with E-state index in [0.29, 0.717) is 6.61 Å². The smallest absolute Gasteiger partial charge is 0.326 e. The average Bonchev–Trinajstić information content (AvgIpc) is 2.44. The van der Waals surface area contributed by atoms with E-state index in [1.165, 1.54) is 13.5 Å². The van der Waals surface area contributed by atoms with Gasteiger partial charge in [0.25, 0.3) is 0 Å². The molecule has 1 unspecified atom stereocenters. The summed E-state index contributed by atoms with van der Waals surface area (Å²) in [5, 5.41) is 14.4. The fourth-order valence-electron chi connectivity index (χ4n) is 2.59. The van der Waals surface area contributed by atoms with Gasteiger partial charge in [0, 0.05) is 26.2 Å². The van der Waals surface area contributed by atoms with Crippen molar-refractivity contribution < 1.29 is 19.4 Å². The van der Waals surface area contributed by atoms with E-state index in [1.54, 1.807) is 0 Å². The van der Waals surface area contributed by atoms with E-state index in [0.717, 1.165) is 31.6 Å². The van der Waals surface area contributed by atoms with Crippen LogP contribution in [0.2, 0.25) is 0 Å². The lowest BCUT2D eigenvalue weighted by Crippen LogP contribution is -2.50. The summed E-state index contributed by atoms with van der Waals surface area (Å²) in [5.74, 6) is -0.267. The van der Waals surface area contributed by atoms with Gasteiger partial charge >= 0.3 is 12.0 Å². The van der Waals surface area contributed by atoms with Gasteiger partial charge in [0.05, 0.1) is 0 Å². The van der Waals surface area contributed by atoms with Gasteiger partial charge in [-0.3, -0.25) is 0 Å². The molecule has 1 aliphatic carbocycles. The molecule has 1 fully saturated rings. The number of urea groups is 1. The Kier molecular flexibility index (Phi) is 7.36. The lowest BCUT2D eigenvalue weighted by molar-refractivity contribution is -0.139. The van der Waals surface area contributed by atoms with Crippen LogP contribution < -0.4 is 10.6 Å². The summed E-state index contributed by atoms with van der Waals surface area (Å²) in [7, 11) is 1.51. The Labute approximate surface area is 120 Å². The second kappa shape index (κ2) is 8.79. The molecule has 1 saturated carbocycles. The molecule has 1 aliphatic rings. The molecule has 0 aromatic rings. The number of amides is 2. The van der Waals surface area contributed by atoms with Gasteiger partial charge in [-0.15, -0.1) is 0 Å². The van der Waals surface area contributed by atoms with Crippen molar-refractivity contribution in [2.24, 2.45) is 5.92 Å². The van der Waals surface area contributed by atoms with Crippen molar-refractivity contribution in [2.45, 2.75) is 57.5 Å². The quantitative estimate of drug-likeness (QED) is 0.665. The van der Waals surface area contributed by atoms with Crippen molar-refractivity contribution in [1.82, 2.24) is 10.6 Å². The van der Waals surface area contributed by atoms with Crippen LogP contribution in [0.4, 0.5) is 4.79 Å². The first-order valence-electron chi connectivity index (χ1n) is 7.35. The number of aliphatic carboxylic acids is 1. The first-order chi connectivity index (χ1) is 9.56. The molecule has 0 aromatic heterocycles. The molecule has 0 saturated heterocycles. The molecule has 0 aromatic carbocycles. The van der Waals surface area contributed by atoms with Crippen molar-refractivity contribution in [3.05, 3.63) is 0 Å². The monoisotopic (exact) mass is 286 g/mol. The number of ether oxygens (including phenoxy) is 1. The molecule has 0 heterocycles. The van der Waals surface area contributed by atoms with E-state index < -0.39 is 18.0 Å². The van der Waals surface area contributed by atoms with E-state index in [1.807, 2.05) is 0 Å². The maximum absolute atomic E-state index is 11.8. The summed E-state index contributed by atoms with van der Waals surface area (Å²) in [6, 6.07) is -1.13. The first-order valence-corrected chi connectivity index (χ1v) is 7.35. The van der Waals surface area contributed by atoms with Crippen LogP contribution in [0.3, 0.4) is 0 Å². The molecule has 20 heavy (non-hydrogen) atoms. The zero-order valence-electron chi connectivity index (χ0n) is 12.4. The third-order valence-corrected chi connectivity index (χ3v) is 3.97. The van der Waals surface area contributed by atoms with E-state index in [4.69, 9.17) is 9.84 Å². The number of methoxy groups -OCH3 is 1. The molecule has 0 aliphatic heterocycles. The zero-order valence-corrected chi connectivity index (χ0v) is 12.4. The summed E-state index contributed by atoms with van der Waals surface area (Å²) in [5.41, 5.74) is 0. The van der Waals surface area contributed by atoms with Crippen molar-refractivity contribution >= 4 is 12.0 Å². The fourth-order valence-corrected chi connectivity index (χ4v) is 2.59. The highest BCUT2D eigenvalue weighted by molar-refractivity contribution is 5.82. The number of carbonyl (C=O) groups is 2. The second-order valence-electron chi connectivity index (χ2n) is 5.42. The van der Waals surface area contributed by atoms with E-state index in [-0.39, 0.29) is 12.5 Å². The van der Waals surface area contributed by atoms with Gasteiger partial charge in [0.15, 0.2) is 0 Å². The van der Waals surface area contributed by atoms with E-state index >= 15 is 0 Å². The number of carboxylic acid groups (broad SMARTS) is 1. The third-order valence-electron chi connectivity index (χ3n) is 3.97. The maximum atomic E-state index is 11.8. The number of hydrogen-bond acceptors (Lipinski definition) is 3. The van der Waals surface area contributed by atoms with Crippen molar-refractivity contribution in [2.75, 3.05) is 13.7 Å². The molecular weight excluding hydrogens is 260 g/mol. The number of carbonyl (C=O) groups excluding carboxylic acids is 1. The van der Waals surface area contributed by atoms with Crippen LogP contribution >= 0.6 is 0 Å². The van der Waals surface area contributed by atoms with Crippen LogP contribution in [0.15, 0.2) is 0 Å². The Morgan fingerprint density at radius 3 is 2.45 bits per heavy atom. The molecule has 2 amide bonds. The molecule has 1 atom stereocenters. The molecule has 6 heteroatoms. The second-order valence-corrected chi connectivity index (χ2v) is 5.42. The highest BCUT2D eigenvalue weighted by atomic mass is 16.5. The fraction of sp³-hybridized carbons (Fsp3) is 0.857. The Hall–Kier alpha value is -1.30. The molecule has 0 radical (unpaired) electrons. The molecule has 3 N–H and O–H groups in total. The lowest BCUT2D eigenvalue weighted by atomic mass is 9.85. The molecule has 116 valence electrons. The van der Waals surface area contributed by atoms with E-state index in [2.05, 4.69) is 17.6 Å². The van der Waals surface area contributed by atoms with Crippen LogP contribution in [0, 0.1) is 5.92 Å². The van der Waals surface area contributed by atoms with Crippen molar-refractivity contribution in [1.29, 1.82) is 0 Å². The van der Waals surface area contributed by atoms with Gasteiger partial charge in [-0.05, 0) is 31.6 Å². The van der Waals surface area contributed by atoms with E-state index in [9.17, 15) is 9.59 Å². The van der Waals surface area contributed by atoms with Gasteiger partial charge in [0.1, 0.15) is 6.04 Å². The molecule has 1 rings (SSSR count). The summed E-state index contributed by atoms with van der Waals surface area (Å²) in [6.07, 6.45) is 5.67. The van der Waals surface area contributed by atoms with Crippen LogP contribution in [0.25, 0.3) is 0 Å². The van der Waals surface area contributed by atoms with Crippen LogP contribution in [-0.4, -0.2) is 42.9 Å². The Morgan fingerprint density at radius 1 is 1.30 bits per heavy atom. The predicted molar refractivity (Wildman–Crippen MR) is 75.6 cm³/mol. The number of rotatable bonds is 7. The minimum absolute atomic E-state index is 0.162. The molecule has 0 spiro atoms. The highest BCUT2D eigenvalue weighted by Gasteiger charge is 2.24. The molecule has 0 bridgehead atoms. The summed E-state index contributed by atoms with van der Waals surface area (Å²) in [6.45, 7) is 2.50. The number of nitrogens with one attached hydrogen (secondary N) is 2. The van der Waals surface area contributed by atoms with Gasteiger partial charge in [-0.1, -0.05) is 13.3 Å². The lowest BCUT2D eigenvalue weighted by Gasteiger charge is -2.28. The number of hydrogen-bond donors (Lipinski definition) is 3. The summed E-state index contributed by atoms with van der Waals surface area (Å²) >= 11 is 0. The van der Waals surface area contributed by atoms with Gasteiger partial charge < -0.3 is 20.5 Å². The standard InChI is InChI=1S/C14H26N2O4/c1-3-10-4-6-11(7-5-10)15-14(19)16-12(13(17)18)8-9-20-2/h10-12H,3-9H2,1-2H3,(H,17,18)(H2,15,16,19). The summed E-state index contributed by atoms with van der Waals surface area (Å²) < 4.78 is 4.84. The van der Waals surface area contributed by atoms with Crippen molar-refractivity contribution in [3.63, 3.8) is 0 Å². The Bertz CT molecular complexity index is 314. The third kappa shape index (κ3) is 5.77. The first kappa shape index (κ1) is 16.8. The Balaban J connectivity index is 2.32. The predicted octanol–water partition coefficient (Wildman–Crippen LogP) is 1.74. The summed E-state index contributed by atoms with van der Waals surface area (Å²) in [4.78, 5) is 22.8. The van der Waals surface area contributed by atoms with Gasteiger partial charge in [-0.2, -0.15) is 0 Å². The maximum Gasteiger partial charge on any atom is 0.326 e.